The molecule has 0 atom stereocenters. The van der Waals surface area contributed by atoms with E-state index in [9.17, 15) is 8.42 Å². The summed E-state index contributed by atoms with van der Waals surface area (Å²) in [5.74, 6) is 1.21. The van der Waals surface area contributed by atoms with Gasteiger partial charge >= 0.3 is 0 Å². The van der Waals surface area contributed by atoms with Crippen LogP contribution in [-0.2, 0) is 16.6 Å². The van der Waals surface area contributed by atoms with Crippen LogP contribution in [0.15, 0.2) is 109 Å². The summed E-state index contributed by atoms with van der Waals surface area (Å²) in [6, 6.07) is 24.4. The zero-order chi connectivity index (χ0) is 28.6. The van der Waals surface area contributed by atoms with Crippen LogP contribution in [0.3, 0.4) is 0 Å². The minimum absolute atomic E-state index is 0.192. The van der Waals surface area contributed by atoms with Gasteiger partial charge in [0.1, 0.15) is 0 Å². The summed E-state index contributed by atoms with van der Waals surface area (Å²) < 4.78 is 41.6. The van der Waals surface area contributed by atoms with Crippen LogP contribution in [0.2, 0.25) is 0 Å². The van der Waals surface area contributed by atoms with Crippen LogP contribution in [0.5, 0.6) is 11.5 Å². The Kier molecular flexibility index (Phi) is 6.80. The molecule has 3 heterocycles. The van der Waals surface area contributed by atoms with Gasteiger partial charge in [0.15, 0.2) is 17.1 Å². The third-order valence-corrected chi connectivity index (χ3v) is 8.70. The number of rotatable bonds is 8. The van der Waals surface area contributed by atoms with Crippen LogP contribution in [0.25, 0.3) is 33.3 Å². The number of ether oxygens (including phenoxy) is 2. The van der Waals surface area contributed by atoms with Crippen molar-refractivity contribution in [2.24, 2.45) is 0 Å². The van der Waals surface area contributed by atoms with E-state index in [1.54, 1.807) is 57.1 Å². The summed E-state index contributed by atoms with van der Waals surface area (Å²) >= 11 is 0. The van der Waals surface area contributed by atoms with E-state index < -0.39 is 10.0 Å². The van der Waals surface area contributed by atoms with Crippen LogP contribution in [0.1, 0.15) is 11.1 Å². The highest BCUT2D eigenvalue weighted by molar-refractivity contribution is 7.90. The van der Waals surface area contributed by atoms with Crippen LogP contribution in [-0.4, -0.2) is 41.4 Å². The number of hydrogen-bond donors (Lipinski definition) is 0. The lowest BCUT2D eigenvalue weighted by Gasteiger charge is -2.10. The molecular weight excluding hydrogens is 536 g/mol. The Morgan fingerprint density at radius 3 is 2.27 bits per heavy atom. The van der Waals surface area contributed by atoms with Gasteiger partial charge in [0.05, 0.1) is 31.9 Å². The van der Waals surface area contributed by atoms with Crippen molar-refractivity contribution >= 4 is 21.1 Å². The third kappa shape index (κ3) is 4.96. The molecule has 9 heteroatoms. The van der Waals surface area contributed by atoms with Gasteiger partial charge in [-0.05, 0) is 48.4 Å². The Morgan fingerprint density at radius 2 is 1.54 bits per heavy atom. The van der Waals surface area contributed by atoms with Crippen molar-refractivity contribution in [1.82, 2.24) is 18.7 Å². The first-order valence-corrected chi connectivity index (χ1v) is 14.4. The fourth-order valence-electron chi connectivity index (χ4n) is 4.85. The molecule has 0 spiro atoms. The molecule has 0 saturated carbocycles. The summed E-state index contributed by atoms with van der Waals surface area (Å²) in [5.41, 5.74) is 5.59. The van der Waals surface area contributed by atoms with Crippen LogP contribution in [0.4, 0.5) is 0 Å². The molecule has 0 N–H and O–H groups in total. The summed E-state index contributed by atoms with van der Waals surface area (Å²) in [4.78, 5) is 4.86. The van der Waals surface area contributed by atoms with Crippen molar-refractivity contribution < 1.29 is 17.9 Å². The average molecular weight is 565 g/mol. The second-order valence-electron chi connectivity index (χ2n) is 9.73. The number of fused-ring (bicyclic) bond motifs is 1. The molecule has 0 unspecified atom stereocenters. The highest BCUT2D eigenvalue weighted by Crippen LogP contribution is 2.37. The summed E-state index contributed by atoms with van der Waals surface area (Å²) in [6.45, 7) is 2.51. The Bertz CT molecular complexity index is 1960. The molecule has 3 aromatic carbocycles. The van der Waals surface area contributed by atoms with Gasteiger partial charge in [-0.3, -0.25) is 4.68 Å². The average Bonchev–Trinajstić information content (AvgIpc) is 3.62. The van der Waals surface area contributed by atoms with E-state index >= 15 is 0 Å². The number of nitrogens with zero attached hydrogens (tertiary/aromatic N) is 4. The van der Waals surface area contributed by atoms with Crippen molar-refractivity contribution in [1.29, 1.82) is 0 Å². The minimum atomic E-state index is -3.92. The largest absolute Gasteiger partial charge is 0.493 e. The third-order valence-electron chi connectivity index (χ3n) is 7.04. The standard InChI is InChI=1S/C32H28N4O4S/c1-22-9-12-27(13-10-22)41(37,38)36-21-29(26-18-34-35(20-26)19-23-7-5-4-6-8-23)28-15-25(17-33-32(28)36)24-11-14-30(39-2)31(16-24)40-3/h4-18,20-21H,19H2,1-3H3. The smallest absolute Gasteiger partial charge is 0.269 e. The minimum Gasteiger partial charge on any atom is -0.493 e. The first kappa shape index (κ1) is 26.3. The molecule has 0 aliphatic carbocycles. The van der Waals surface area contributed by atoms with E-state index in [1.165, 1.54) is 3.97 Å². The van der Waals surface area contributed by atoms with Gasteiger partial charge in [-0.2, -0.15) is 5.10 Å². The van der Waals surface area contributed by atoms with Crippen molar-refractivity contribution in [2.45, 2.75) is 18.4 Å². The Morgan fingerprint density at radius 1 is 0.780 bits per heavy atom. The second kappa shape index (κ2) is 10.6. The maximum Gasteiger partial charge on any atom is 0.269 e. The normalized spacial score (nSPS) is 11.6. The monoisotopic (exact) mass is 564 g/mol. The number of aryl methyl sites for hydroxylation is 1. The fourth-order valence-corrected chi connectivity index (χ4v) is 6.17. The van der Waals surface area contributed by atoms with Gasteiger partial charge in [0, 0.05) is 40.7 Å². The van der Waals surface area contributed by atoms with Gasteiger partial charge in [0.25, 0.3) is 10.0 Å². The first-order valence-electron chi connectivity index (χ1n) is 13.0. The lowest BCUT2D eigenvalue weighted by molar-refractivity contribution is 0.355. The molecule has 0 aliphatic heterocycles. The first-order chi connectivity index (χ1) is 19.9. The van der Waals surface area contributed by atoms with Crippen molar-refractivity contribution in [3.05, 3.63) is 115 Å². The molecule has 0 amide bonds. The molecule has 8 nitrogen and oxygen atoms in total. The summed E-state index contributed by atoms with van der Waals surface area (Å²) in [5, 5.41) is 5.25. The molecule has 6 aromatic rings. The van der Waals surface area contributed by atoms with E-state index in [1.807, 2.05) is 72.4 Å². The van der Waals surface area contributed by atoms with Gasteiger partial charge in [-0.15, -0.1) is 0 Å². The zero-order valence-corrected chi connectivity index (χ0v) is 23.7. The van der Waals surface area contributed by atoms with Crippen molar-refractivity contribution in [2.75, 3.05) is 14.2 Å². The van der Waals surface area contributed by atoms with Crippen LogP contribution in [0, 0.1) is 6.92 Å². The van der Waals surface area contributed by atoms with Gasteiger partial charge < -0.3 is 9.47 Å². The maximum absolute atomic E-state index is 13.8. The van der Waals surface area contributed by atoms with Gasteiger partial charge in [-0.25, -0.2) is 17.4 Å². The number of pyridine rings is 1. The predicted molar refractivity (Wildman–Crippen MR) is 159 cm³/mol. The highest BCUT2D eigenvalue weighted by Gasteiger charge is 2.24. The lowest BCUT2D eigenvalue weighted by Crippen LogP contribution is -2.12. The summed E-state index contributed by atoms with van der Waals surface area (Å²) in [7, 11) is -0.740. The van der Waals surface area contributed by atoms with Crippen molar-refractivity contribution in [3.8, 4) is 33.8 Å². The SMILES string of the molecule is COc1ccc(-c2cnc3c(c2)c(-c2cnn(Cc4ccccc4)c2)cn3S(=O)(=O)c2ccc(C)cc2)cc1OC. The van der Waals surface area contributed by atoms with E-state index in [4.69, 9.17) is 9.47 Å². The molecule has 41 heavy (non-hydrogen) atoms. The molecule has 3 aromatic heterocycles. The Balaban J connectivity index is 1.51. The second-order valence-corrected chi connectivity index (χ2v) is 11.5. The molecule has 6 rings (SSSR count). The molecule has 206 valence electrons. The Labute approximate surface area is 238 Å². The molecule has 0 aliphatic rings. The van der Waals surface area contributed by atoms with Crippen LogP contribution >= 0.6 is 0 Å². The van der Waals surface area contributed by atoms with Gasteiger partial charge in [-0.1, -0.05) is 54.1 Å². The molecule has 0 saturated heterocycles. The van der Waals surface area contributed by atoms with E-state index in [-0.39, 0.29) is 4.90 Å². The number of benzene rings is 3. The van der Waals surface area contributed by atoms with E-state index in [0.717, 1.165) is 27.8 Å². The highest BCUT2D eigenvalue weighted by atomic mass is 32.2. The number of methoxy groups -OCH3 is 2. The maximum atomic E-state index is 13.8. The molecule has 0 bridgehead atoms. The fraction of sp³-hybridized carbons (Fsp3) is 0.125. The molecule has 0 radical (unpaired) electrons. The quantitative estimate of drug-likeness (QED) is 0.219. The van der Waals surface area contributed by atoms with E-state index in [0.29, 0.717) is 34.6 Å². The van der Waals surface area contributed by atoms with Crippen molar-refractivity contribution in [3.63, 3.8) is 0 Å². The van der Waals surface area contributed by atoms with Gasteiger partial charge in [0.2, 0.25) is 0 Å². The molecular formula is C32H28N4O4S. The number of aromatic nitrogens is 4. The molecule has 0 fully saturated rings. The number of hydrogen-bond acceptors (Lipinski definition) is 6. The topological polar surface area (TPSA) is 88.2 Å². The van der Waals surface area contributed by atoms with Crippen LogP contribution < -0.4 is 9.47 Å². The van der Waals surface area contributed by atoms with E-state index in [2.05, 4.69) is 10.1 Å². The Hall–Kier alpha value is -4.89. The zero-order valence-electron chi connectivity index (χ0n) is 22.9. The summed E-state index contributed by atoms with van der Waals surface area (Å²) in [6.07, 6.45) is 6.99. The predicted octanol–water partition coefficient (Wildman–Crippen LogP) is 6.18. The lowest BCUT2D eigenvalue weighted by atomic mass is 10.0.